The molecule has 84 valence electrons. The predicted molar refractivity (Wildman–Crippen MR) is 53.8 cm³/mol. The van der Waals surface area contributed by atoms with Gasteiger partial charge in [-0.3, -0.25) is 0 Å². The molecule has 0 heterocycles. The number of alkyl halides is 3. The van der Waals surface area contributed by atoms with Gasteiger partial charge >= 0.3 is 6.18 Å². The standard InChI is InChI=1S/C12H10F3N/c1-16-8-11(6-7-11)9-2-4-10(5-3-9)12(13,14)15/h2-5H,6-8H2. The van der Waals surface area contributed by atoms with Crippen LogP contribution in [0.2, 0.25) is 0 Å². The van der Waals surface area contributed by atoms with Crippen molar-refractivity contribution in [2.75, 3.05) is 6.54 Å². The average molecular weight is 225 g/mol. The van der Waals surface area contributed by atoms with Crippen LogP contribution in [0.25, 0.3) is 4.85 Å². The van der Waals surface area contributed by atoms with Crippen LogP contribution in [0.3, 0.4) is 0 Å². The van der Waals surface area contributed by atoms with Gasteiger partial charge in [-0.05, 0) is 30.5 Å². The highest BCUT2D eigenvalue weighted by Crippen LogP contribution is 2.48. The van der Waals surface area contributed by atoms with E-state index in [1.165, 1.54) is 12.1 Å². The van der Waals surface area contributed by atoms with Gasteiger partial charge in [-0.25, -0.2) is 6.57 Å². The Morgan fingerprint density at radius 3 is 2.12 bits per heavy atom. The number of benzene rings is 1. The molecule has 4 heteroatoms. The smallest absolute Gasteiger partial charge is 0.316 e. The maximum atomic E-state index is 12.3. The molecule has 0 spiro atoms. The van der Waals surface area contributed by atoms with Crippen molar-refractivity contribution in [1.82, 2.24) is 0 Å². The molecule has 0 amide bonds. The van der Waals surface area contributed by atoms with Crippen LogP contribution in [-0.2, 0) is 11.6 Å². The quantitative estimate of drug-likeness (QED) is 0.676. The van der Waals surface area contributed by atoms with Crippen molar-refractivity contribution >= 4 is 0 Å². The van der Waals surface area contributed by atoms with E-state index in [1.54, 1.807) is 0 Å². The zero-order valence-corrected chi connectivity index (χ0v) is 8.51. The highest BCUT2D eigenvalue weighted by Gasteiger charge is 2.47. The molecule has 0 bridgehead atoms. The summed E-state index contributed by atoms with van der Waals surface area (Å²) >= 11 is 0. The van der Waals surface area contributed by atoms with Gasteiger partial charge in [-0.2, -0.15) is 13.2 Å². The molecule has 0 aromatic heterocycles. The second kappa shape index (κ2) is 3.51. The average Bonchev–Trinajstić information content (AvgIpc) is 2.99. The third-order valence-electron chi connectivity index (χ3n) is 3.06. The van der Waals surface area contributed by atoms with Gasteiger partial charge in [-0.1, -0.05) is 12.1 Å². The van der Waals surface area contributed by atoms with Gasteiger partial charge in [0.2, 0.25) is 6.54 Å². The van der Waals surface area contributed by atoms with Gasteiger partial charge in [0.05, 0.1) is 11.0 Å². The fraction of sp³-hybridized carbons (Fsp3) is 0.417. The Balaban J connectivity index is 2.24. The molecule has 1 fully saturated rings. The molecule has 2 rings (SSSR count). The van der Waals surface area contributed by atoms with E-state index in [-0.39, 0.29) is 5.41 Å². The topological polar surface area (TPSA) is 4.36 Å². The Morgan fingerprint density at radius 1 is 1.19 bits per heavy atom. The molecule has 16 heavy (non-hydrogen) atoms. The third-order valence-corrected chi connectivity index (χ3v) is 3.06. The SMILES string of the molecule is [C-]#[N+]CC1(c2ccc(C(F)(F)F)cc2)CC1. The number of rotatable bonds is 2. The van der Waals surface area contributed by atoms with Crippen molar-refractivity contribution in [2.24, 2.45) is 0 Å². The van der Waals surface area contributed by atoms with Crippen molar-refractivity contribution in [3.05, 3.63) is 46.8 Å². The molecule has 0 unspecified atom stereocenters. The summed E-state index contributed by atoms with van der Waals surface area (Å²) in [5, 5.41) is 0. The van der Waals surface area contributed by atoms with Crippen molar-refractivity contribution in [2.45, 2.75) is 24.4 Å². The van der Waals surface area contributed by atoms with Crippen LogP contribution in [0.15, 0.2) is 24.3 Å². The molecule has 1 aromatic rings. The van der Waals surface area contributed by atoms with E-state index in [0.29, 0.717) is 6.54 Å². The first-order valence-corrected chi connectivity index (χ1v) is 4.99. The number of nitrogens with zero attached hydrogens (tertiary/aromatic N) is 1. The van der Waals surface area contributed by atoms with Gasteiger partial charge in [-0.15, -0.1) is 0 Å². The zero-order valence-electron chi connectivity index (χ0n) is 8.51. The first-order chi connectivity index (χ1) is 7.48. The predicted octanol–water partition coefficient (Wildman–Crippen LogP) is 3.66. The normalized spacial score (nSPS) is 17.9. The van der Waals surface area contributed by atoms with Gasteiger partial charge in [0, 0.05) is 0 Å². The summed E-state index contributed by atoms with van der Waals surface area (Å²) in [6, 6.07) is 5.20. The highest BCUT2D eigenvalue weighted by molar-refractivity contribution is 5.35. The fourth-order valence-corrected chi connectivity index (χ4v) is 1.85. The lowest BCUT2D eigenvalue weighted by molar-refractivity contribution is -0.137. The molecule has 0 radical (unpaired) electrons. The maximum absolute atomic E-state index is 12.3. The third kappa shape index (κ3) is 1.90. The molecular formula is C12H10F3N. The van der Waals surface area contributed by atoms with Gasteiger partial charge in [0.15, 0.2) is 0 Å². The molecule has 1 aromatic carbocycles. The second-order valence-corrected chi connectivity index (χ2v) is 4.17. The Morgan fingerprint density at radius 2 is 1.75 bits per heavy atom. The maximum Gasteiger partial charge on any atom is 0.416 e. The van der Waals surface area contributed by atoms with E-state index in [4.69, 9.17) is 6.57 Å². The summed E-state index contributed by atoms with van der Waals surface area (Å²) in [5.74, 6) is 0. The summed E-state index contributed by atoms with van der Waals surface area (Å²) in [6.45, 7) is 7.21. The van der Waals surface area contributed by atoms with Crippen molar-refractivity contribution in [3.8, 4) is 0 Å². The molecular weight excluding hydrogens is 215 g/mol. The van der Waals surface area contributed by atoms with Crippen LogP contribution >= 0.6 is 0 Å². The lowest BCUT2D eigenvalue weighted by Gasteiger charge is -2.11. The largest absolute Gasteiger partial charge is 0.416 e. The zero-order chi connectivity index (χ0) is 11.8. The molecule has 0 saturated heterocycles. The molecule has 0 aliphatic heterocycles. The van der Waals surface area contributed by atoms with Crippen LogP contribution in [-0.4, -0.2) is 6.54 Å². The second-order valence-electron chi connectivity index (χ2n) is 4.17. The first-order valence-electron chi connectivity index (χ1n) is 4.99. The van der Waals surface area contributed by atoms with Crippen LogP contribution < -0.4 is 0 Å². The number of halogens is 3. The highest BCUT2D eigenvalue weighted by atomic mass is 19.4. The minimum absolute atomic E-state index is 0.161. The number of hydrogen-bond donors (Lipinski definition) is 0. The van der Waals surface area contributed by atoms with E-state index in [2.05, 4.69) is 4.85 Å². The van der Waals surface area contributed by atoms with Crippen LogP contribution in [0.4, 0.5) is 13.2 Å². The summed E-state index contributed by atoms with van der Waals surface area (Å²) in [5.41, 5.74) is 0.0673. The minimum atomic E-state index is -4.28. The van der Waals surface area contributed by atoms with E-state index in [9.17, 15) is 13.2 Å². The number of hydrogen-bond acceptors (Lipinski definition) is 0. The summed E-state index contributed by atoms with van der Waals surface area (Å²) in [6.07, 6.45) is -2.48. The molecule has 1 aliphatic rings. The Kier molecular flexibility index (Phi) is 2.42. The van der Waals surface area contributed by atoms with E-state index >= 15 is 0 Å². The van der Waals surface area contributed by atoms with E-state index in [0.717, 1.165) is 30.5 Å². The Hall–Kier alpha value is -1.50. The molecule has 1 aliphatic carbocycles. The van der Waals surface area contributed by atoms with E-state index < -0.39 is 11.7 Å². The van der Waals surface area contributed by atoms with E-state index in [1.807, 2.05) is 0 Å². The van der Waals surface area contributed by atoms with Crippen molar-refractivity contribution in [1.29, 1.82) is 0 Å². The van der Waals surface area contributed by atoms with Crippen molar-refractivity contribution in [3.63, 3.8) is 0 Å². The van der Waals surface area contributed by atoms with Crippen LogP contribution in [0.1, 0.15) is 24.0 Å². The summed E-state index contributed by atoms with van der Waals surface area (Å²) in [4.78, 5) is 3.35. The molecule has 0 N–H and O–H groups in total. The summed E-state index contributed by atoms with van der Waals surface area (Å²) in [7, 11) is 0. The molecule has 0 atom stereocenters. The first kappa shape index (κ1) is 11.0. The minimum Gasteiger partial charge on any atom is -0.316 e. The lowest BCUT2D eigenvalue weighted by Crippen LogP contribution is -2.11. The fourth-order valence-electron chi connectivity index (χ4n) is 1.85. The van der Waals surface area contributed by atoms with Gasteiger partial charge in [0.25, 0.3) is 0 Å². The van der Waals surface area contributed by atoms with Gasteiger partial charge < -0.3 is 4.85 Å². The lowest BCUT2D eigenvalue weighted by atomic mass is 9.95. The Labute approximate surface area is 91.7 Å². The van der Waals surface area contributed by atoms with Gasteiger partial charge in [0.1, 0.15) is 0 Å². The van der Waals surface area contributed by atoms with Crippen molar-refractivity contribution < 1.29 is 13.2 Å². The molecule has 1 saturated carbocycles. The molecule has 1 nitrogen and oxygen atoms in total. The summed E-state index contributed by atoms with van der Waals surface area (Å²) < 4.78 is 37.0. The monoisotopic (exact) mass is 225 g/mol. The van der Waals surface area contributed by atoms with Crippen LogP contribution in [0, 0.1) is 6.57 Å². The van der Waals surface area contributed by atoms with Crippen LogP contribution in [0.5, 0.6) is 0 Å². The Bertz CT molecular complexity index is 421.